The third-order valence-electron chi connectivity index (χ3n) is 2.96. The predicted molar refractivity (Wildman–Crippen MR) is 78.2 cm³/mol. The van der Waals surface area contributed by atoms with E-state index in [4.69, 9.17) is 11.5 Å². The summed E-state index contributed by atoms with van der Waals surface area (Å²) in [6.07, 6.45) is 1.73. The summed E-state index contributed by atoms with van der Waals surface area (Å²) < 4.78 is 0. The summed E-state index contributed by atoms with van der Waals surface area (Å²) >= 11 is 0. The number of carbonyl (C=O) groups excluding carboxylic acids is 2. The molecule has 0 spiro atoms. The molecule has 5 N–H and O–H groups in total. The summed E-state index contributed by atoms with van der Waals surface area (Å²) in [6, 6.07) is 1.49. The van der Waals surface area contributed by atoms with Crippen LogP contribution in [-0.4, -0.2) is 41.3 Å². The van der Waals surface area contributed by atoms with E-state index in [9.17, 15) is 9.59 Å². The molecule has 0 atom stereocenters. The first-order chi connectivity index (χ1) is 9.49. The fraction of sp³-hybridized carbons (Fsp3) is 0.462. The van der Waals surface area contributed by atoms with Gasteiger partial charge in [-0.2, -0.15) is 0 Å². The Morgan fingerprint density at radius 1 is 1.35 bits per heavy atom. The minimum absolute atomic E-state index is 0.0769. The van der Waals surface area contributed by atoms with Crippen molar-refractivity contribution in [2.24, 2.45) is 5.73 Å². The van der Waals surface area contributed by atoms with Gasteiger partial charge in [0.05, 0.1) is 17.4 Å². The molecule has 0 aromatic carbocycles. The number of aromatic nitrogens is 1. The number of rotatable bonds is 7. The van der Waals surface area contributed by atoms with Gasteiger partial charge in [-0.05, 0) is 19.9 Å². The number of hydrogen-bond donors (Lipinski definition) is 3. The normalized spacial score (nSPS) is 10.1. The molecule has 1 rings (SSSR count). The van der Waals surface area contributed by atoms with Crippen LogP contribution in [0.5, 0.6) is 0 Å². The molecule has 0 radical (unpaired) electrons. The summed E-state index contributed by atoms with van der Waals surface area (Å²) in [5.41, 5.74) is 11.3. The lowest BCUT2D eigenvalue weighted by molar-refractivity contribution is -0.130. The van der Waals surface area contributed by atoms with Crippen molar-refractivity contribution in [2.45, 2.75) is 20.3 Å². The molecule has 1 aromatic heterocycles. The van der Waals surface area contributed by atoms with Crippen molar-refractivity contribution < 1.29 is 9.59 Å². The van der Waals surface area contributed by atoms with E-state index in [0.29, 0.717) is 31.9 Å². The van der Waals surface area contributed by atoms with E-state index < -0.39 is 5.91 Å². The standard InChI is InChI=1S/C13H21N5O2/c1-3-18(4-2)12(19)5-6-16-11-7-9(13(15)20)10(14)8-17-11/h7-8H,3-6,14H2,1-2H3,(H2,15,20)(H,16,17). The van der Waals surface area contributed by atoms with Crippen LogP contribution in [0.15, 0.2) is 12.3 Å². The van der Waals surface area contributed by atoms with Gasteiger partial charge in [0.1, 0.15) is 5.82 Å². The van der Waals surface area contributed by atoms with Crippen molar-refractivity contribution in [3.8, 4) is 0 Å². The second-order valence-corrected chi connectivity index (χ2v) is 4.26. The number of anilines is 2. The first-order valence-corrected chi connectivity index (χ1v) is 6.56. The quantitative estimate of drug-likeness (QED) is 0.669. The third kappa shape index (κ3) is 4.11. The van der Waals surface area contributed by atoms with Crippen LogP contribution < -0.4 is 16.8 Å². The summed E-state index contributed by atoms with van der Waals surface area (Å²) in [7, 11) is 0. The van der Waals surface area contributed by atoms with Gasteiger partial charge in [0, 0.05) is 26.1 Å². The van der Waals surface area contributed by atoms with Gasteiger partial charge in [-0.25, -0.2) is 4.98 Å². The van der Waals surface area contributed by atoms with E-state index in [2.05, 4.69) is 10.3 Å². The first kappa shape index (κ1) is 15.7. The van der Waals surface area contributed by atoms with Crippen molar-refractivity contribution in [3.63, 3.8) is 0 Å². The molecule has 2 amide bonds. The Hall–Kier alpha value is -2.31. The van der Waals surface area contributed by atoms with Crippen LogP contribution in [0, 0.1) is 0 Å². The van der Waals surface area contributed by atoms with E-state index in [1.165, 1.54) is 12.3 Å². The van der Waals surface area contributed by atoms with Gasteiger partial charge in [0.15, 0.2) is 0 Å². The molecule has 0 saturated carbocycles. The maximum atomic E-state index is 11.8. The highest BCUT2D eigenvalue weighted by molar-refractivity contribution is 5.98. The fourth-order valence-corrected chi connectivity index (χ4v) is 1.81. The van der Waals surface area contributed by atoms with Gasteiger partial charge in [-0.1, -0.05) is 0 Å². The number of nitrogens with zero attached hydrogens (tertiary/aromatic N) is 2. The average Bonchev–Trinajstić information content (AvgIpc) is 2.41. The summed E-state index contributed by atoms with van der Waals surface area (Å²) in [6.45, 7) is 5.71. The lowest BCUT2D eigenvalue weighted by Gasteiger charge is -2.18. The average molecular weight is 279 g/mol. The number of amides is 2. The molecule has 0 unspecified atom stereocenters. The molecule has 20 heavy (non-hydrogen) atoms. The molecule has 0 aliphatic carbocycles. The van der Waals surface area contributed by atoms with Gasteiger partial charge in [-0.3, -0.25) is 9.59 Å². The summed E-state index contributed by atoms with van der Waals surface area (Å²) in [5.74, 6) is -0.0550. The first-order valence-electron chi connectivity index (χ1n) is 6.56. The van der Waals surface area contributed by atoms with E-state index >= 15 is 0 Å². The largest absolute Gasteiger partial charge is 0.397 e. The topological polar surface area (TPSA) is 114 Å². The number of carbonyl (C=O) groups is 2. The Morgan fingerprint density at radius 2 is 2.00 bits per heavy atom. The van der Waals surface area contributed by atoms with Crippen LogP contribution in [-0.2, 0) is 4.79 Å². The number of nitrogen functional groups attached to an aromatic ring is 1. The Bertz CT molecular complexity index is 486. The molecular formula is C13H21N5O2. The fourth-order valence-electron chi connectivity index (χ4n) is 1.81. The van der Waals surface area contributed by atoms with Crippen LogP contribution in [0.2, 0.25) is 0 Å². The lowest BCUT2D eigenvalue weighted by atomic mass is 10.2. The van der Waals surface area contributed by atoms with Gasteiger partial charge >= 0.3 is 0 Å². The second kappa shape index (κ2) is 7.32. The van der Waals surface area contributed by atoms with Crippen molar-refractivity contribution >= 4 is 23.3 Å². The van der Waals surface area contributed by atoms with Crippen molar-refractivity contribution in [3.05, 3.63) is 17.8 Å². The molecule has 110 valence electrons. The zero-order valence-electron chi connectivity index (χ0n) is 11.8. The SMILES string of the molecule is CCN(CC)C(=O)CCNc1cc(C(N)=O)c(N)cn1. The third-order valence-corrected chi connectivity index (χ3v) is 2.96. The number of nitrogens with two attached hydrogens (primary N) is 2. The number of nitrogens with one attached hydrogen (secondary N) is 1. The molecule has 7 nitrogen and oxygen atoms in total. The Balaban J connectivity index is 2.56. The molecule has 1 aromatic rings. The lowest BCUT2D eigenvalue weighted by Crippen LogP contribution is -2.31. The summed E-state index contributed by atoms with van der Waals surface area (Å²) in [4.78, 5) is 28.7. The minimum Gasteiger partial charge on any atom is -0.397 e. The van der Waals surface area contributed by atoms with Crippen molar-refractivity contribution in [1.29, 1.82) is 0 Å². The van der Waals surface area contributed by atoms with Crippen LogP contribution in [0.4, 0.5) is 11.5 Å². The summed E-state index contributed by atoms with van der Waals surface area (Å²) in [5, 5.41) is 2.98. The Morgan fingerprint density at radius 3 is 2.55 bits per heavy atom. The maximum Gasteiger partial charge on any atom is 0.250 e. The molecule has 0 bridgehead atoms. The van der Waals surface area contributed by atoms with Crippen molar-refractivity contribution in [1.82, 2.24) is 9.88 Å². The van der Waals surface area contributed by atoms with E-state index in [1.54, 1.807) is 4.90 Å². The van der Waals surface area contributed by atoms with Gasteiger partial charge < -0.3 is 21.7 Å². The second-order valence-electron chi connectivity index (χ2n) is 4.26. The van der Waals surface area contributed by atoms with Crippen molar-refractivity contribution in [2.75, 3.05) is 30.7 Å². The highest BCUT2D eigenvalue weighted by Gasteiger charge is 2.10. The molecule has 0 fully saturated rings. The van der Waals surface area contributed by atoms with Gasteiger partial charge in [0.2, 0.25) is 5.91 Å². The molecule has 1 heterocycles. The van der Waals surface area contributed by atoms with E-state index in [-0.39, 0.29) is 17.2 Å². The number of hydrogen-bond acceptors (Lipinski definition) is 5. The number of primary amides is 1. The smallest absolute Gasteiger partial charge is 0.250 e. The predicted octanol–water partition coefficient (Wildman–Crippen LogP) is 0.433. The number of pyridine rings is 1. The highest BCUT2D eigenvalue weighted by atomic mass is 16.2. The van der Waals surface area contributed by atoms with Gasteiger partial charge in [-0.15, -0.1) is 0 Å². The van der Waals surface area contributed by atoms with E-state index in [1.807, 2.05) is 13.8 Å². The molecular weight excluding hydrogens is 258 g/mol. The maximum absolute atomic E-state index is 11.8. The molecule has 0 aliphatic rings. The van der Waals surface area contributed by atoms with E-state index in [0.717, 1.165) is 0 Å². The Labute approximate surface area is 118 Å². The van der Waals surface area contributed by atoms with Crippen LogP contribution in [0.1, 0.15) is 30.6 Å². The zero-order chi connectivity index (χ0) is 15.1. The molecule has 0 saturated heterocycles. The molecule has 0 aliphatic heterocycles. The monoisotopic (exact) mass is 279 g/mol. The zero-order valence-corrected chi connectivity index (χ0v) is 11.8. The minimum atomic E-state index is -0.604. The Kier molecular flexibility index (Phi) is 5.76. The van der Waals surface area contributed by atoms with Crippen LogP contribution in [0.3, 0.4) is 0 Å². The highest BCUT2D eigenvalue weighted by Crippen LogP contribution is 2.14. The van der Waals surface area contributed by atoms with Crippen LogP contribution in [0.25, 0.3) is 0 Å². The van der Waals surface area contributed by atoms with Gasteiger partial charge in [0.25, 0.3) is 5.91 Å². The van der Waals surface area contributed by atoms with Crippen LogP contribution >= 0.6 is 0 Å². The molecule has 7 heteroatoms.